The van der Waals surface area contributed by atoms with Gasteiger partial charge in [0.1, 0.15) is 6.10 Å². The summed E-state index contributed by atoms with van der Waals surface area (Å²) in [5.41, 5.74) is -0.00665. The van der Waals surface area contributed by atoms with Gasteiger partial charge in [-0.25, -0.2) is 4.79 Å². The number of esters is 1. The van der Waals surface area contributed by atoms with Gasteiger partial charge in [0.2, 0.25) is 0 Å². The number of hydrogen-bond donors (Lipinski definition) is 1. The lowest BCUT2D eigenvalue weighted by Crippen LogP contribution is -2.53. The predicted molar refractivity (Wildman–Crippen MR) is 109 cm³/mol. The van der Waals surface area contributed by atoms with Crippen LogP contribution in [-0.2, 0) is 14.3 Å². The third-order valence-electron chi connectivity index (χ3n) is 7.26. The van der Waals surface area contributed by atoms with Crippen molar-refractivity contribution in [2.75, 3.05) is 0 Å². The zero-order valence-corrected chi connectivity index (χ0v) is 17.4. The maximum atomic E-state index is 12.7. The highest BCUT2D eigenvalue weighted by Crippen LogP contribution is 2.62. The molecule has 4 nitrogen and oxygen atoms in total. The molecule has 1 N–H and O–H groups in total. The highest BCUT2D eigenvalue weighted by atomic mass is 16.5. The number of aliphatic carboxylic acids is 1. The number of carboxylic acids is 1. The largest absolute Gasteiger partial charge is 0.481 e. The van der Waals surface area contributed by atoms with Crippen molar-refractivity contribution in [2.24, 2.45) is 28.6 Å². The van der Waals surface area contributed by atoms with Crippen molar-refractivity contribution in [1.82, 2.24) is 0 Å². The number of rotatable bonds is 5. The summed E-state index contributed by atoms with van der Waals surface area (Å²) < 4.78 is 6.02. The Labute approximate surface area is 168 Å². The first-order valence-electron chi connectivity index (χ1n) is 10.3. The molecule has 152 valence electrons. The Morgan fingerprint density at radius 3 is 2.43 bits per heavy atom. The van der Waals surface area contributed by atoms with E-state index in [9.17, 15) is 14.7 Å². The number of carboxylic acid groups (broad SMARTS) is 1. The van der Waals surface area contributed by atoms with Crippen molar-refractivity contribution in [3.8, 4) is 0 Å². The lowest BCUT2D eigenvalue weighted by atomic mass is 9.57. The fourth-order valence-corrected chi connectivity index (χ4v) is 5.58. The second-order valence-corrected chi connectivity index (χ2v) is 9.45. The first-order chi connectivity index (χ1) is 13.2. The monoisotopic (exact) mass is 384 g/mol. The van der Waals surface area contributed by atoms with E-state index in [1.165, 1.54) is 6.08 Å². The fraction of sp³-hybridized carbons (Fsp3) is 0.583. The number of hydrogen-bond acceptors (Lipinski definition) is 3. The topological polar surface area (TPSA) is 63.6 Å². The zero-order valence-electron chi connectivity index (χ0n) is 17.4. The summed E-state index contributed by atoms with van der Waals surface area (Å²) in [7, 11) is 0. The van der Waals surface area contributed by atoms with E-state index in [1.54, 1.807) is 6.08 Å². The Morgan fingerprint density at radius 1 is 1.14 bits per heavy atom. The van der Waals surface area contributed by atoms with Gasteiger partial charge >= 0.3 is 11.9 Å². The van der Waals surface area contributed by atoms with Crippen molar-refractivity contribution >= 4 is 18.0 Å². The molecule has 0 aromatic heterocycles. The van der Waals surface area contributed by atoms with Crippen LogP contribution >= 0.6 is 0 Å². The van der Waals surface area contributed by atoms with Gasteiger partial charge in [0.25, 0.3) is 0 Å². The van der Waals surface area contributed by atoms with Crippen molar-refractivity contribution < 1.29 is 19.4 Å². The Balaban J connectivity index is 1.88. The van der Waals surface area contributed by atoms with Crippen LogP contribution in [0.5, 0.6) is 0 Å². The maximum Gasteiger partial charge on any atom is 0.331 e. The molecule has 5 atom stereocenters. The van der Waals surface area contributed by atoms with Gasteiger partial charge < -0.3 is 9.84 Å². The third-order valence-corrected chi connectivity index (χ3v) is 7.26. The summed E-state index contributed by atoms with van der Waals surface area (Å²) in [5, 5.41) is 10.0. The summed E-state index contributed by atoms with van der Waals surface area (Å²) in [5.74, 6) is -0.800. The Kier molecular flexibility index (Phi) is 5.69. The maximum absolute atomic E-state index is 12.7. The van der Waals surface area contributed by atoms with Crippen LogP contribution in [0.1, 0.15) is 58.9 Å². The molecule has 0 saturated heterocycles. The Hall–Kier alpha value is -2.10. The van der Waals surface area contributed by atoms with Crippen molar-refractivity contribution in [3.05, 3.63) is 42.0 Å². The second kappa shape index (κ2) is 7.73. The van der Waals surface area contributed by atoms with Crippen molar-refractivity contribution in [3.63, 3.8) is 0 Å². The molecule has 1 aromatic carbocycles. The summed E-state index contributed by atoms with van der Waals surface area (Å²) in [6.07, 6.45) is 6.33. The quantitative estimate of drug-likeness (QED) is 0.561. The molecule has 0 radical (unpaired) electrons. The average Bonchev–Trinajstić information content (AvgIpc) is 2.94. The van der Waals surface area contributed by atoms with E-state index in [-0.39, 0.29) is 29.3 Å². The number of fused-ring (bicyclic) bond motifs is 1. The number of carbonyl (C=O) groups excluding carboxylic acids is 1. The minimum atomic E-state index is -0.851. The lowest BCUT2D eigenvalue weighted by Gasteiger charge is -2.50. The molecule has 3 rings (SSSR count). The highest BCUT2D eigenvalue weighted by molar-refractivity contribution is 5.87. The fourth-order valence-electron chi connectivity index (χ4n) is 5.58. The van der Waals surface area contributed by atoms with E-state index >= 15 is 0 Å². The second-order valence-electron chi connectivity index (χ2n) is 9.45. The molecule has 0 heterocycles. The summed E-state index contributed by atoms with van der Waals surface area (Å²) >= 11 is 0. The zero-order chi connectivity index (χ0) is 20.5. The third kappa shape index (κ3) is 3.74. The van der Waals surface area contributed by atoms with Gasteiger partial charge in [-0.05, 0) is 61.5 Å². The molecular formula is C24H32O4. The Morgan fingerprint density at radius 2 is 1.82 bits per heavy atom. The first-order valence-corrected chi connectivity index (χ1v) is 10.3. The minimum Gasteiger partial charge on any atom is -0.481 e. The van der Waals surface area contributed by atoms with E-state index < -0.39 is 11.4 Å². The van der Waals surface area contributed by atoms with Gasteiger partial charge in [-0.1, -0.05) is 51.1 Å². The van der Waals surface area contributed by atoms with Crippen LogP contribution < -0.4 is 0 Å². The van der Waals surface area contributed by atoms with E-state index in [4.69, 9.17) is 4.74 Å². The number of benzene rings is 1. The molecule has 2 aliphatic rings. The standard InChI is InChI=1S/C24H32O4/c1-16(2)18-12-13-23(3)14-15-24(4,22(26)27)21(23)20(18)28-19(25)11-10-17-8-6-5-7-9-17/h5-11,16,18,20-21H,12-15H2,1-4H3,(H,26,27)/t18-,20+,21+,23-,24+/m0/s1. The Bertz CT molecular complexity index is 753. The molecule has 0 amide bonds. The summed E-state index contributed by atoms with van der Waals surface area (Å²) in [6, 6.07) is 9.62. The molecule has 0 aliphatic heterocycles. The molecule has 4 heteroatoms. The SMILES string of the molecule is CC(C)[C@@H]1CC[C@@]2(C)CC[C@@](C)(C(=O)O)[C@@H]2[C@@H]1OC(=O)C=Cc1ccccc1. The molecule has 0 unspecified atom stereocenters. The van der Waals surface area contributed by atoms with Crippen molar-refractivity contribution in [1.29, 1.82) is 0 Å². The molecule has 0 spiro atoms. The normalized spacial score (nSPS) is 35.1. The van der Waals surface area contributed by atoms with Gasteiger partial charge in [-0.2, -0.15) is 0 Å². The van der Waals surface area contributed by atoms with Crippen LogP contribution in [0.3, 0.4) is 0 Å². The molecule has 2 aliphatic carbocycles. The van der Waals surface area contributed by atoms with Crippen molar-refractivity contribution in [2.45, 2.75) is 59.5 Å². The number of carbonyl (C=O) groups is 2. The van der Waals surface area contributed by atoms with E-state index in [0.717, 1.165) is 24.8 Å². The van der Waals surface area contributed by atoms with E-state index in [2.05, 4.69) is 20.8 Å². The van der Waals surface area contributed by atoms with Gasteiger partial charge in [-0.3, -0.25) is 4.79 Å². The van der Waals surface area contributed by atoms with Gasteiger partial charge in [0.15, 0.2) is 0 Å². The van der Waals surface area contributed by atoms with E-state index in [1.807, 2.05) is 37.3 Å². The van der Waals surface area contributed by atoms with Crippen LogP contribution in [0.2, 0.25) is 0 Å². The molecule has 2 saturated carbocycles. The van der Waals surface area contributed by atoms with Crippen LogP contribution in [0.4, 0.5) is 0 Å². The molecule has 0 bridgehead atoms. The predicted octanol–water partition coefficient (Wildman–Crippen LogP) is 5.18. The van der Waals surface area contributed by atoms with Gasteiger partial charge in [-0.15, -0.1) is 0 Å². The van der Waals surface area contributed by atoms with Crippen LogP contribution in [-0.4, -0.2) is 23.1 Å². The minimum absolute atomic E-state index is 0.0907. The van der Waals surface area contributed by atoms with Crippen LogP contribution in [0.25, 0.3) is 6.08 Å². The van der Waals surface area contributed by atoms with Crippen LogP contribution in [0, 0.1) is 28.6 Å². The smallest absolute Gasteiger partial charge is 0.331 e. The number of ether oxygens (including phenoxy) is 1. The summed E-state index contributed by atoms with van der Waals surface area (Å²) in [4.78, 5) is 24.9. The molecule has 1 aromatic rings. The van der Waals surface area contributed by atoms with Gasteiger partial charge in [0, 0.05) is 12.0 Å². The molecule has 28 heavy (non-hydrogen) atoms. The summed E-state index contributed by atoms with van der Waals surface area (Å²) in [6.45, 7) is 8.31. The average molecular weight is 385 g/mol. The highest BCUT2D eigenvalue weighted by Gasteiger charge is 2.63. The van der Waals surface area contributed by atoms with Gasteiger partial charge in [0.05, 0.1) is 5.41 Å². The molecular weight excluding hydrogens is 352 g/mol. The first kappa shape index (κ1) is 20.6. The van der Waals surface area contributed by atoms with Crippen LogP contribution in [0.15, 0.2) is 36.4 Å². The lowest BCUT2D eigenvalue weighted by molar-refractivity contribution is -0.176. The molecule has 2 fully saturated rings. The van der Waals surface area contributed by atoms with E-state index in [0.29, 0.717) is 12.3 Å².